The lowest BCUT2D eigenvalue weighted by Gasteiger charge is -2.10. The lowest BCUT2D eigenvalue weighted by atomic mass is 10.2. The van der Waals surface area contributed by atoms with Crippen molar-refractivity contribution >= 4 is 11.6 Å². The second-order valence-corrected chi connectivity index (χ2v) is 3.96. The second kappa shape index (κ2) is 4.29. The Bertz CT molecular complexity index is 528. The summed E-state index contributed by atoms with van der Waals surface area (Å²) >= 11 is 0. The average Bonchev–Trinajstić information content (AvgIpc) is 2.75. The van der Waals surface area contributed by atoms with Crippen LogP contribution in [-0.2, 0) is 0 Å². The van der Waals surface area contributed by atoms with Gasteiger partial charge in [0.25, 0.3) is 5.91 Å². The highest BCUT2D eigenvalue weighted by Crippen LogP contribution is 2.11. The van der Waals surface area contributed by atoms with E-state index < -0.39 is 0 Å². The Labute approximate surface area is 99.5 Å². The van der Waals surface area contributed by atoms with Gasteiger partial charge in [-0.25, -0.2) is 4.68 Å². The normalized spacial score (nSPS) is 10.2. The van der Waals surface area contributed by atoms with Crippen molar-refractivity contribution in [1.82, 2.24) is 14.7 Å². The number of nitrogens with zero attached hydrogens (tertiary/aromatic N) is 3. The third-order valence-electron chi connectivity index (χ3n) is 2.39. The maximum Gasteiger partial charge on any atom is 0.253 e. The number of carbonyl (C=O) groups excluding carboxylic acids is 1. The molecule has 1 heterocycles. The first-order chi connectivity index (χ1) is 8.08. The summed E-state index contributed by atoms with van der Waals surface area (Å²) in [5.74, 6) is -0.0171. The second-order valence-electron chi connectivity index (χ2n) is 3.96. The standard InChI is InChI=1S/C12H14N4O/c1-15(2)12(17)9-3-5-11(6-4-9)16-8-10(13)7-14-16/h3-8H,13H2,1-2H3. The van der Waals surface area contributed by atoms with Crippen LogP contribution in [-0.4, -0.2) is 34.7 Å². The fraction of sp³-hybridized carbons (Fsp3) is 0.167. The summed E-state index contributed by atoms with van der Waals surface area (Å²) in [6.45, 7) is 0. The van der Waals surface area contributed by atoms with Gasteiger partial charge in [0.2, 0.25) is 0 Å². The monoisotopic (exact) mass is 230 g/mol. The molecule has 0 saturated carbocycles. The van der Waals surface area contributed by atoms with Gasteiger partial charge in [0.15, 0.2) is 0 Å². The van der Waals surface area contributed by atoms with Crippen LogP contribution in [0.3, 0.4) is 0 Å². The van der Waals surface area contributed by atoms with Crippen LogP contribution in [0, 0.1) is 0 Å². The highest BCUT2D eigenvalue weighted by Gasteiger charge is 2.07. The summed E-state index contributed by atoms with van der Waals surface area (Å²) in [5.41, 5.74) is 7.72. The minimum absolute atomic E-state index is 0.0171. The number of nitrogen functional groups attached to an aromatic ring is 1. The fourth-order valence-corrected chi connectivity index (χ4v) is 1.49. The topological polar surface area (TPSA) is 64.2 Å². The largest absolute Gasteiger partial charge is 0.396 e. The van der Waals surface area contributed by atoms with Crippen LogP contribution in [0.2, 0.25) is 0 Å². The number of rotatable bonds is 2. The van der Waals surface area contributed by atoms with Crippen LogP contribution >= 0.6 is 0 Å². The summed E-state index contributed by atoms with van der Waals surface area (Å²) in [6.07, 6.45) is 3.31. The SMILES string of the molecule is CN(C)C(=O)c1ccc(-n2cc(N)cn2)cc1. The summed E-state index contributed by atoms with van der Waals surface area (Å²) < 4.78 is 1.67. The van der Waals surface area contributed by atoms with Gasteiger partial charge in [-0.3, -0.25) is 4.79 Å². The van der Waals surface area contributed by atoms with E-state index in [1.165, 1.54) is 0 Å². The molecule has 0 fully saturated rings. The number of carbonyl (C=O) groups is 1. The van der Waals surface area contributed by atoms with Gasteiger partial charge in [0.1, 0.15) is 0 Å². The van der Waals surface area contributed by atoms with Crippen molar-refractivity contribution in [2.24, 2.45) is 0 Å². The zero-order valence-electron chi connectivity index (χ0n) is 9.79. The highest BCUT2D eigenvalue weighted by atomic mass is 16.2. The Morgan fingerprint density at radius 1 is 1.29 bits per heavy atom. The molecule has 0 aliphatic heterocycles. The van der Waals surface area contributed by atoms with Crippen molar-refractivity contribution in [2.45, 2.75) is 0 Å². The zero-order chi connectivity index (χ0) is 12.4. The minimum atomic E-state index is -0.0171. The van der Waals surface area contributed by atoms with Gasteiger partial charge in [-0.2, -0.15) is 5.10 Å². The van der Waals surface area contributed by atoms with Gasteiger partial charge in [0.05, 0.1) is 23.8 Å². The molecular weight excluding hydrogens is 216 g/mol. The van der Waals surface area contributed by atoms with Crippen molar-refractivity contribution in [3.63, 3.8) is 0 Å². The molecule has 0 saturated heterocycles. The Morgan fingerprint density at radius 3 is 2.41 bits per heavy atom. The molecule has 0 aliphatic carbocycles. The summed E-state index contributed by atoms with van der Waals surface area (Å²) in [5, 5.41) is 4.09. The van der Waals surface area contributed by atoms with Crippen LogP contribution in [0.4, 0.5) is 5.69 Å². The molecule has 0 aliphatic rings. The zero-order valence-corrected chi connectivity index (χ0v) is 9.79. The quantitative estimate of drug-likeness (QED) is 0.841. The minimum Gasteiger partial charge on any atom is -0.396 e. The van der Waals surface area contributed by atoms with Crippen molar-refractivity contribution < 1.29 is 4.79 Å². The van der Waals surface area contributed by atoms with Crippen LogP contribution in [0.5, 0.6) is 0 Å². The van der Waals surface area contributed by atoms with E-state index in [0.29, 0.717) is 11.3 Å². The molecule has 1 aromatic carbocycles. The number of amides is 1. The smallest absolute Gasteiger partial charge is 0.253 e. The van der Waals surface area contributed by atoms with Crippen molar-refractivity contribution in [3.8, 4) is 5.69 Å². The highest BCUT2D eigenvalue weighted by molar-refractivity contribution is 5.94. The molecule has 0 bridgehead atoms. The first-order valence-corrected chi connectivity index (χ1v) is 5.20. The van der Waals surface area contributed by atoms with Crippen molar-refractivity contribution in [3.05, 3.63) is 42.2 Å². The van der Waals surface area contributed by atoms with Crippen molar-refractivity contribution in [2.75, 3.05) is 19.8 Å². The van der Waals surface area contributed by atoms with E-state index in [9.17, 15) is 4.79 Å². The van der Waals surface area contributed by atoms with E-state index in [2.05, 4.69) is 5.10 Å². The van der Waals surface area contributed by atoms with Crippen LogP contribution in [0.15, 0.2) is 36.7 Å². The molecule has 0 radical (unpaired) electrons. The molecule has 0 unspecified atom stereocenters. The molecular formula is C12H14N4O. The van der Waals surface area contributed by atoms with Crippen LogP contribution < -0.4 is 5.73 Å². The van der Waals surface area contributed by atoms with Gasteiger partial charge < -0.3 is 10.6 Å². The summed E-state index contributed by atoms with van der Waals surface area (Å²) in [4.78, 5) is 13.2. The predicted octanol–water partition coefficient (Wildman–Crippen LogP) is 1.16. The van der Waals surface area contributed by atoms with E-state index in [-0.39, 0.29) is 5.91 Å². The molecule has 0 atom stereocenters. The Morgan fingerprint density at radius 2 is 1.94 bits per heavy atom. The molecule has 2 rings (SSSR count). The van der Waals surface area contributed by atoms with Gasteiger partial charge in [-0.15, -0.1) is 0 Å². The van der Waals surface area contributed by atoms with E-state index in [1.54, 1.807) is 48.2 Å². The van der Waals surface area contributed by atoms with Gasteiger partial charge in [-0.05, 0) is 24.3 Å². The Kier molecular flexibility index (Phi) is 2.82. The van der Waals surface area contributed by atoms with E-state index in [0.717, 1.165) is 5.69 Å². The summed E-state index contributed by atoms with van der Waals surface area (Å²) in [7, 11) is 3.45. The maximum absolute atomic E-state index is 11.7. The van der Waals surface area contributed by atoms with E-state index in [1.807, 2.05) is 12.1 Å². The molecule has 2 aromatic rings. The first-order valence-electron chi connectivity index (χ1n) is 5.20. The number of benzene rings is 1. The maximum atomic E-state index is 11.7. The average molecular weight is 230 g/mol. The Hall–Kier alpha value is -2.30. The summed E-state index contributed by atoms with van der Waals surface area (Å²) in [6, 6.07) is 7.22. The lowest BCUT2D eigenvalue weighted by Crippen LogP contribution is -2.21. The van der Waals surface area contributed by atoms with Crippen LogP contribution in [0.1, 0.15) is 10.4 Å². The molecule has 5 nitrogen and oxygen atoms in total. The number of hydrogen-bond acceptors (Lipinski definition) is 3. The molecule has 1 amide bonds. The molecule has 88 valence electrons. The first kappa shape index (κ1) is 11.2. The van der Waals surface area contributed by atoms with Crippen LogP contribution in [0.25, 0.3) is 5.69 Å². The number of nitrogens with two attached hydrogens (primary N) is 1. The predicted molar refractivity (Wildman–Crippen MR) is 66.0 cm³/mol. The molecule has 5 heteroatoms. The lowest BCUT2D eigenvalue weighted by molar-refractivity contribution is 0.0827. The number of aromatic nitrogens is 2. The molecule has 0 spiro atoms. The fourth-order valence-electron chi connectivity index (χ4n) is 1.49. The van der Waals surface area contributed by atoms with Crippen molar-refractivity contribution in [1.29, 1.82) is 0 Å². The van der Waals surface area contributed by atoms with E-state index >= 15 is 0 Å². The van der Waals surface area contributed by atoms with Gasteiger partial charge in [0, 0.05) is 19.7 Å². The number of hydrogen-bond donors (Lipinski definition) is 1. The Balaban J connectivity index is 2.27. The third-order valence-corrected chi connectivity index (χ3v) is 2.39. The van der Waals surface area contributed by atoms with Gasteiger partial charge >= 0.3 is 0 Å². The molecule has 1 aromatic heterocycles. The molecule has 17 heavy (non-hydrogen) atoms. The molecule has 2 N–H and O–H groups in total. The number of anilines is 1. The van der Waals surface area contributed by atoms with Gasteiger partial charge in [-0.1, -0.05) is 0 Å². The third kappa shape index (κ3) is 2.28. The van der Waals surface area contributed by atoms with E-state index in [4.69, 9.17) is 5.73 Å².